The van der Waals surface area contributed by atoms with Crippen LogP contribution in [0.4, 0.5) is 0 Å². The van der Waals surface area contributed by atoms with Crippen molar-refractivity contribution in [3.63, 3.8) is 0 Å². The molecule has 0 amide bonds. The topological polar surface area (TPSA) is 81.3 Å². The van der Waals surface area contributed by atoms with E-state index < -0.39 is 0 Å². The molecule has 6 nitrogen and oxygen atoms in total. The lowest BCUT2D eigenvalue weighted by molar-refractivity contribution is 0.437. The maximum Gasteiger partial charge on any atom is 0.325 e. The SMILES string of the molecule is Cc1ccccc1Oc1ncc2nc(-c3cc(C)c(O)c(C)c3)oc2n1. The standard InChI is InChI=1S/C20H17N3O3/c1-11-6-4-5-7-16(11)25-20-21-10-15-19(23-20)26-18(22-15)14-8-12(2)17(24)13(3)9-14/h4-10,24H,1-3H3. The molecule has 0 spiro atoms. The van der Waals surface area contributed by atoms with Crippen molar-refractivity contribution in [2.75, 3.05) is 0 Å². The van der Waals surface area contributed by atoms with E-state index in [-0.39, 0.29) is 11.8 Å². The molecule has 0 atom stereocenters. The Morgan fingerprint density at radius 2 is 1.69 bits per heavy atom. The van der Waals surface area contributed by atoms with Gasteiger partial charge < -0.3 is 14.3 Å². The van der Waals surface area contributed by atoms with Crippen LogP contribution < -0.4 is 4.74 Å². The summed E-state index contributed by atoms with van der Waals surface area (Å²) in [6, 6.07) is 11.5. The van der Waals surface area contributed by atoms with E-state index in [9.17, 15) is 5.11 Å². The number of hydrogen-bond donors (Lipinski definition) is 1. The molecule has 0 saturated heterocycles. The quantitative estimate of drug-likeness (QED) is 0.578. The molecule has 0 saturated carbocycles. The predicted octanol–water partition coefficient (Wildman–Crippen LogP) is 4.71. The highest BCUT2D eigenvalue weighted by molar-refractivity contribution is 5.72. The highest BCUT2D eigenvalue weighted by Gasteiger charge is 2.14. The Balaban J connectivity index is 1.71. The van der Waals surface area contributed by atoms with Gasteiger partial charge in [0.05, 0.1) is 6.20 Å². The monoisotopic (exact) mass is 347 g/mol. The van der Waals surface area contributed by atoms with Gasteiger partial charge in [-0.2, -0.15) is 4.98 Å². The summed E-state index contributed by atoms with van der Waals surface area (Å²) >= 11 is 0. The molecule has 0 aliphatic rings. The zero-order chi connectivity index (χ0) is 18.3. The van der Waals surface area contributed by atoms with Gasteiger partial charge in [0, 0.05) is 5.56 Å². The van der Waals surface area contributed by atoms with Crippen molar-refractivity contribution in [2.24, 2.45) is 0 Å². The minimum atomic E-state index is 0.201. The van der Waals surface area contributed by atoms with Crippen LogP contribution in [0.3, 0.4) is 0 Å². The van der Waals surface area contributed by atoms with Gasteiger partial charge >= 0.3 is 6.01 Å². The first-order valence-corrected chi connectivity index (χ1v) is 8.19. The molecule has 26 heavy (non-hydrogen) atoms. The Morgan fingerprint density at radius 3 is 2.42 bits per heavy atom. The lowest BCUT2D eigenvalue weighted by Gasteiger charge is -2.05. The molecule has 4 rings (SSSR count). The first-order chi connectivity index (χ1) is 12.5. The molecule has 6 heteroatoms. The summed E-state index contributed by atoms with van der Waals surface area (Å²) in [6.07, 6.45) is 1.57. The molecular formula is C20H17N3O3. The van der Waals surface area contributed by atoms with Crippen LogP contribution in [0.25, 0.3) is 22.7 Å². The van der Waals surface area contributed by atoms with Crippen LogP contribution in [0.2, 0.25) is 0 Å². The van der Waals surface area contributed by atoms with E-state index >= 15 is 0 Å². The number of hydrogen-bond acceptors (Lipinski definition) is 6. The van der Waals surface area contributed by atoms with Crippen LogP contribution in [0.5, 0.6) is 17.5 Å². The van der Waals surface area contributed by atoms with E-state index in [2.05, 4.69) is 15.0 Å². The van der Waals surface area contributed by atoms with Gasteiger partial charge in [-0.15, -0.1) is 0 Å². The summed E-state index contributed by atoms with van der Waals surface area (Å²) in [5, 5.41) is 9.93. The molecule has 4 aromatic rings. The zero-order valence-electron chi connectivity index (χ0n) is 14.6. The molecule has 0 unspecified atom stereocenters. The van der Waals surface area contributed by atoms with Crippen LogP contribution in [0, 0.1) is 20.8 Å². The number of aromatic hydroxyl groups is 1. The van der Waals surface area contributed by atoms with Crippen LogP contribution in [-0.2, 0) is 0 Å². The molecule has 0 aliphatic heterocycles. The molecule has 0 bridgehead atoms. The number of nitrogens with zero attached hydrogens (tertiary/aromatic N) is 3. The largest absolute Gasteiger partial charge is 0.507 e. The first-order valence-electron chi connectivity index (χ1n) is 8.19. The van der Waals surface area contributed by atoms with Crippen LogP contribution in [-0.4, -0.2) is 20.1 Å². The Kier molecular flexibility index (Phi) is 3.80. The Bertz CT molecular complexity index is 1100. The molecule has 2 aromatic carbocycles. The minimum Gasteiger partial charge on any atom is -0.507 e. The second-order valence-corrected chi connectivity index (χ2v) is 6.19. The number of phenols is 1. The predicted molar refractivity (Wildman–Crippen MR) is 97.4 cm³/mol. The van der Waals surface area contributed by atoms with E-state index in [1.54, 1.807) is 6.20 Å². The van der Waals surface area contributed by atoms with Gasteiger partial charge in [0.1, 0.15) is 17.0 Å². The van der Waals surface area contributed by atoms with Crippen molar-refractivity contribution in [1.82, 2.24) is 15.0 Å². The zero-order valence-corrected chi connectivity index (χ0v) is 14.6. The van der Waals surface area contributed by atoms with Crippen LogP contribution >= 0.6 is 0 Å². The number of aryl methyl sites for hydroxylation is 3. The van der Waals surface area contributed by atoms with Gasteiger partial charge in [0.2, 0.25) is 5.89 Å². The van der Waals surface area contributed by atoms with Crippen molar-refractivity contribution < 1.29 is 14.3 Å². The van der Waals surface area contributed by atoms with E-state index in [1.807, 2.05) is 57.2 Å². The van der Waals surface area contributed by atoms with E-state index in [4.69, 9.17) is 9.15 Å². The Hall–Kier alpha value is -3.41. The normalized spacial score (nSPS) is 11.0. The lowest BCUT2D eigenvalue weighted by Crippen LogP contribution is -1.92. The molecule has 2 aromatic heterocycles. The summed E-state index contributed by atoms with van der Waals surface area (Å²) in [6.45, 7) is 5.63. The van der Waals surface area contributed by atoms with E-state index in [1.165, 1.54) is 0 Å². The number of phenolic OH excluding ortho intramolecular Hbond substituents is 1. The summed E-state index contributed by atoms with van der Waals surface area (Å²) < 4.78 is 11.5. The second kappa shape index (κ2) is 6.15. The van der Waals surface area contributed by atoms with E-state index in [0.717, 1.165) is 22.3 Å². The molecule has 130 valence electrons. The summed E-state index contributed by atoms with van der Waals surface area (Å²) in [5.41, 5.74) is 4.18. The highest BCUT2D eigenvalue weighted by Crippen LogP contribution is 2.31. The van der Waals surface area contributed by atoms with Crippen molar-refractivity contribution in [3.8, 4) is 29.0 Å². The highest BCUT2D eigenvalue weighted by atomic mass is 16.5. The van der Waals surface area contributed by atoms with Crippen LogP contribution in [0.1, 0.15) is 16.7 Å². The van der Waals surface area contributed by atoms with E-state index in [0.29, 0.717) is 22.9 Å². The van der Waals surface area contributed by atoms with Gasteiger partial charge in [-0.1, -0.05) is 18.2 Å². The fraction of sp³-hybridized carbons (Fsp3) is 0.150. The maximum atomic E-state index is 9.93. The third-order valence-corrected chi connectivity index (χ3v) is 4.16. The number of rotatable bonds is 3. The Labute approximate surface area is 150 Å². The summed E-state index contributed by atoms with van der Waals surface area (Å²) in [4.78, 5) is 12.9. The minimum absolute atomic E-state index is 0.201. The third kappa shape index (κ3) is 2.86. The summed E-state index contributed by atoms with van der Waals surface area (Å²) in [7, 11) is 0. The average molecular weight is 347 g/mol. The maximum absolute atomic E-state index is 9.93. The van der Waals surface area contributed by atoms with Gasteiger partial charge in [0.25, 0.3) is 5.71 Å². The number of ether oxygens (including phenoxy) is 1. The van der Waals surface area contributed by atoms with Crippen LogP contribution in [0.15, 0.2) is 47.0 Å². The fourth-order valence-corrected chi connectivity index (χ4v) is 2.74. The molecule has 2 heterocycles. The number of aromatic nitrogens is 3. The van der Waals surface area contributed by atoms with Crippen molar-refractivity contribution in [1.29, 1.82) is 0 Å². The number of benzene rings is 2. The third-order valence-electron chi connectivity index (χ3n) is 4.16. The molecule has 1 N–H and O–H groups in total. The van der Waals surface area contributed by atoms with Crippen molar-refractivity contribution in [2.45, 2.75) is 20.8 Å². The van der Waals surface area contributed by atoms with Crippen molar-refractivity contribution >= 4 is 11.2 Å². The molecule has 0 aliphatic carbocycles. The number of fused-ring (bicyclic) bond motifs is 1. The number of para-hydroxylation sites is 1. The first kappa shape index (κ1) is 16.1. The smallest absolute Gasteiger partial charge is 0.325 e. The second-order valence-electron chi connectivity index (χ2n) is 6.19. The average Bonchev–Trinajstić information content (AvgIpc) is 3.04. The molecule has 0 radical (unpaired) electrons. The molecular weight excluding hydrogens is 330 g/mol. The lowest BCUT2D eigenvalue weighted by atomic mass is 10.1. The number of oxazole rings is 1. The van der Waals surface area contributed by atoms with Gasteiger partial charge in [0.15, 0.2) is 0 Å². The fourth-order valence-electron chi connectivity index (χ4n) is 2.74. The van der Waals surface area contributed by atoms with Gasteiger partial charge in [-0.25, -0.2) is 9.97 Å². The molecule has 0 fully saturated rings. The van der Waals surface area contributed by atoms with Gasteiger partial charge in [-0.3, -0.25) is 0 Å². The van der Waals surface area contributed by atoms with Gasteiger partial charge in [-0.05, 0) is 55.7 Å². The van der Waals surface area contributed by atoms with Crippen molar-refractivity contribution in [3.05, 3.63) is 59.3 Å². The summed E-state index contributed by atoms with van der Waals surface area (Å²) in [5.74, 6) is 1.39. The Morgan fingerprint density at radius 1 is 0.962 bits per heavy atom.